The van der Waals surface area contributed by atoms with Gasteiger partial charge in [0.1, 0.15) is 0 Å². The van der Waals surface area contributed by atoms with Crippen molar-refractivity contribution >= 4 is 16.6 Å². The Kier molecular flexibility index (Phi) is 10.8. The number of carbonyl (C=O) groups is 1. The highest BCUT2D eigenvalue weighted by molar-refractivity contribution is 6.10. The zero-order valence-electron chi connectivity index (χ0n) is 28.9. The highest BCUT2D eigenvalue weighted by Crippen LogP contribution is 2.59. The van der Waals surface area contributed by atoms with Gasteiger partial charge in [-0.25, -0.2) is 0 Å². The van der Waals surface area contributed by atoms with Gasteiger partial charge in [0.05, 0.1) is 24.4 Å². The Balaban J connectivity index is 1.42. The van der Waals surface area contributed by atoms with E-state index < -0.39 is 23.2 Å². The molecule has 0 amide bonds. The normalized spacial score (nSPS) is 25.2. The minimum absolute atomic E-state index is 0.0452. The minimum Gasteiger partial charge on any atom is -0.394 e. The van der Waals surface area contributed by atoms with Crippen LogP contribution >= 0.6 is 0 Å². The molecule has 4 N–H and O–H groups in total. The van der Waals surface area contributed by atoms with E-state index in [9.17, 15) is 25.2 Å². The topological polar surface area (TPSA) is 101 Å². The van der Waals surface area contributed by atoms with Gasteiger partial charge in [-0.05, 0) is 91.3 Å². The molecule has 5 unspecified atom stereocenters. The standard InChI is InChI=1S/C43H51NO5/c1-30-10-9-22-42(2)40(38-20-18-31(24-35(46)19-17-30)25-39(38)41(48)33-12-4-3-5-13-33)21-23-43(42,49)29-44(27-36(47)28-45)26-34-15-8-14-32-11-6-7-16-37(32)34/h3-8,10-16,18,20,25,35-36,40,45-47,49H,9,17,19,21-24,26-29H2,1-2H3. The molecule has 6 nitrogen and oxygen atoms in total. The molecule has 5 atom stereocenters. The van der Waals surface area contributed by atoms with E-state index in [2.05, 4.69) is 61.2 Å². The number of rotatable bonds is 9. The quantitative estimate of drug-likeness (QED) is 0.114. The summed E-state index contributed by atoms with van der Waals surface area (Å²) in [6.45, 7) is 4.99. The summed E-state index contributed by atoms with van der Waals surface area (Å²) in [5.74, 6) is -0.144. The van der Waals surface area contributed by atoms with Gasteiger partial charge in [0.2, 0.25) is 0 Å². The van der Waals surface area contributed by atoms with E-state index in [0.717, 1.165) is 40.3 Å². The smallest absolute Gasteiger partial charge is 0.193 e. The van der Waals surface area contributed by atoms with Crippen LogP contribution in [0, 0.1) is 5.41 Å². The van der Waals surface area contributed by atoms with Crippen LogP contribution in [0.25, 0.3) is 10.8 Å². The fourth-order valence-electron chi connectivity index (χ4n) is 8.52. The van der Waals surface area contributed by atoms with Gasteiger partial charge in [-0.15, -0.1) is 0 Å². The van der Waals surface area contributed by atoms with Crippen molar-refractivity contribution in [3.05, 3.63) is 130 Å². The maximum atomic E-state index is 14.2. The Labute approximate surface area is 290 Å². The van der Waals surface area contributed by atoms with Crippen molar-refractivity contribution in [3.63, 3.8) is 0 Å². The zero-order valence-corrected chi connectivity index (χ0v) is 28.9. The molecule has 0 aromatic heterocycles. The van der Waals surface area contributed by atoms with Crippen LogP contribution in [0.15, 0.2) is 103 Å². The van der Waals surface area contributed by atoms with Crippen LogP contribution in [-0.2, 0) is 13.0 Å². The van der Waals surface area contributed by atoms with Crippen LogP contribution in [0.5, 0.6) is 0 Å². The molecule has 4 aromatic rings. The van der Waals surface area contributed by atoms with Crippen LogP contribution in [0.4, 0.5) is 0 Å². The zero-order chi connectivity index (χ0) is 34.6. The largest absolute Gasteiger partial charge is 0.394 e. The average molecular weight is 662 g/mol. The molecule has 258 valence electrons. The predicted molar refractivity (Wildman–Crippen MR) is 196 cm³/mol. The Morgan fingerprint density at radius 1 is 0.959 bits per heavy atom. The summed E-state index contributed by atoms with van der Waals surface area (Å²) in [6.07, 6.45) is 5.43. The fourth-order valence-corrected chi connectivity index (χ4v) is 8.52. The third kappa shape index (κ3) is 7.59. The lowest BCUT2D eigenvalue weighted by Gasteiger charge is -2.46. The molecule has 0 radical (unpaired) electrons. The second-order valence-corrected chi connectivity index (χ2v) is 14.8. The summed E-state index contributed by atoms with van der Waals surface area (Å²) in [4.78, 5) is 16.3. The van der Waals surface area contributed by atoms with Gasteiger partial charge in [0, 0.05) is 36.2 Å². The van der Waals surface area contributed by atoms with Gasteiger partial charge in [-0.3, -0.25) is 9.69 Å². The lowest BCUT2D eigenvalue weighted by molar-refractivity contribution is -0.0907. The molecule has 1 fully saturated rings. The van der Waals surface area contributed by atoms with E-state index in [1.54, 1.807) is 0 Å². The van der Waals surface area contributed by atoms with Gasteiger partial charge in [-0.1, -0.05) is 104 Å². The van der Waals surface area contributed by atoms with Gasteiger partial charge >= 0.3 is 0 Å². The van der Waals surface area contributed by atoms with Gasteiger partial charge < -0.3 is 20.4 Å². The number of nitrogens with zero attached hydrogens (tertiary/aromatic N) is 1. The van der Waals surface area contributed by atoms with E-state index in [4.69, 9.17) is 0 Å². The molecule has 2 bridgehead atoms. The molecule has 4 aromatic carbocycles. The SMILES string of the molecule is CC1=CCCC2(C)C(CCC2(O)CN(Cc2cccc3ccccc23)CC(O)CO)c2ccc(cc2C(=O)c2ccccc2)CC(O)CC1. The second-order valence-electron chi connectivity index (χ2n) is 14.8. The summed E-state index contributed by atoms with van der Waals surface area (Å²) in [6, 6.07) is 29.9. The van der Waals surface area contributed by atoms with Gasteiger partial charge in [0.25, 0.3) is 0 Å². The van der Waals surface area contributed by atoms with E-state index in [-0.39, 0.29) is 24.9 Å². The summed E-state index contributed by atoms with van der Waals surface area (Å²) in [5.41, 5.74) is 3.72. The molecular weight excluding hydrogens is 610 g/mol. The molecule has 7 rings (SSSR count). The third-order valence-electron chi connectivity index (χ3n) is 11.4. The first kappa shape index (κ1) is 35.2. The number of ketones is 1. The first-order chi connectivity index (χ1) is 23.6. The minimum atomic E-state index is -1.14. The first-order valence-corrected chi connectivity index (χ1v) is 17.9. The van der Waals surface area contributed by atoms with Crippen molar-refractivity contribution < 1.29 is 25.2 Å². The van der Waals surface area contributed by atoms with Crippen LogP contribution in [0.3, 0.4) is 0 Å². The van der Waals surface area contributed by atoms with Crippen molar-refractivity contribution in [3.8, 4) is 0 Å². The van der Waals surface area contributed by atoms with Crippen LogP contribution in [0.1, 0.15) is 90.9 Å². The number of hydrogen-bond donors (Lipinski definition) is 4. The molecule has 3 aliphatic rings. The Bertz CT molecular complexity index is 1780. The van der Waals surface area contributed by atoms with Gasteiger partial charge in [-0.2, -0.15) is 0 Å². The fraction of sp³-hybridized carbons (Fsp3) is 0.419. The third-order valence-corrected chi connectivity index (χ3v) is 11.4. The first-order valence-electron chi connectivity index (χ1n) is 17.9. The lowest BCUT2D eigenvalue weighted by atomic mass is 9.64. The number of aliphatic hydroxyl groups is 4. The maximum Gasteiger partial charge on any atom is 0.193 e. The van der Waals surface area contributed by atoms with Crippen LogP contribution in [-0.4, -0.2) is 68.6 Å². The maximum absolute atomic E-state index is 14.2. The summed E-state index contributed by atoms with van der Waals surface area (Å²) >= 11 is 0. The number of hydrogen-bond acceptors (Lipinski definition) is 6. The molecule has 0 spiro atoms. The summed E-state index contributed by atoms with van der Waals surface area (Å²) in [7, 11) is 0. The number of carbonyl (C=O) groups excluding carboxylic acids is 1. The molecule has 0 aliphatic heterocycles. The summed E-state index contributed by atoms with van der Waals surface area (Å²) in [5, 5.41) is 46.7. The van der Waals surface area contributed by atoms with Crippen molar-refractivity contribution in [2.24, 2.45) is 5.41 Å². The van der Waals surface area contributed by atoms with Crippen LogP contribution < -0.4 is 0 Å². The molecular formula is C43H51NO5. The molecule has 0 heterocycles. The number of allylic oxidation sites excluding steroid dienone is 2. The molecule has 6 heteroatoms. The Morgan fingerprint density at radius 2 is 1.71 bits per heavy atom. The van der Waals surface area contributed by atoms with Crippen molar-refractivity contribution in [1.29, 1.82) is 0 Å². The predicted octanol–water partition coefficient (Wildman–Crippen LogP) is 6.96. The number of benzene rings is 4. The molecule has 3 aliphatic carbocycles. The highest BCUT2D eigenvalue weighted by Gasteiger charge is 2.57. The second kappa shape index (κ2) is 15.1. The Morgan fingerprint density at radius 3 is 2.51 bits per heavy atom. The highest BCUT2D eigenvalue weighted by atomic mass is 16.3. The molecule has 49 heavy (non-hydrogen) atoms. The average Bonchev–Trinajstić information content (AvgIpc) is 3.35. The van der Waals surface area contributed by atoms with Crippen LogP contribution in [0.2, 0.25) is 0 Å². The molecule has 0 saturated heterocycles. The van der Waals surface area contributed by atoms with E-state index in [1.165, 1.54) is 5.57 Å². The van der Waals surface area contributed by atoms with E-state index in [1.807, 2.05) is 54.6 Å². The van der Waals surface area contributed by atoms with Gasteiger partial charge in [0.15, 0.2) is 5.78 Å². The molecule has 1 saturated carbocycles. The summed E-state index contributed by atoms with van der Waals surface area (Å²) < 4.78 is 0. The number of fused-ring (bicyclic) bond motifs is 9. The number of aliphatic hydroxyl groups excluding tert-OH is 3. The monoisotopic (exact) mass is 661 g/mol. The lowest BCUT2D eigenvalue weighted by Crippen LogP contribution is -2.53. The van der Waals surface area contributed by atoms with Crippen molar-refractivity contribution in [2.75, 3.05) is 19.7 Å². The van der Waals surface area contributed by atoms with Crippen molar-refractivity contribution in [1.82, 2.24) is 4.90 Å². The Hall–Kier alpha value is -3.65. The van der Waals surface area contributed by atoms with E-state index >= 15 is 0 Å². The van der Waals surface area contributed by atoms with E-state index in [0.29, 0.717) is 56.3 Å². The van der Waals surface area contributed by atoms with Crippen molar-refractivity contribution in [2.45, 2.75) is 89.1 Å².